The molecular formula is C10H17NO4. The zero-order valence-corrected chi connectivity index (χ0v) is 8.70. The Labute approximate surface area is 88.7 Å². The number of hydrogen-bond donors (Lipinski definition) is 2. The lowest BCUT2D eigenvalue weighted by atomic mass is 9.92. The van der Waals surface area contributed by atoms with Gasteiger partial charge in [-0.3, -0.25) is 4.79 Å². The van der Waals surface area contributed by atoms with Gasteiger partial charge in [-0.2, -0.15) is 0 Å². The zero-order valence-electron chi connectivity index (χ0n) is 8.70. The predicted octanol–water partition coefficient (Wildman–Crippen LogP) is -0.00130. The molecule has 1 atom stereocenters. The maximum Gasteiger partial charge on any atom is 0.305 e. The maximum absolute atomic E-state index is 10.5. The Kier molecular flexibility index (Phi) is 3.23. The summed E-state index contributed by atoms with van der Waals surface area (Å²) in [6.07, 6.45) is 1.94. The lowest BCUT2D eigenvalue weighted by molar-refractivity contribution is -0.148. The van der Waals surface area contributed by atoms with Gasteiger partial charge in [0.15, 0.2) is 0 Å². The molecule has 5 heteroatoms. The fraction of sp³-hybridized carbons (Fsp3) is 0.900. The van der Waals surface area contributed by atoms with E-state index in [0.29, 0.717) is 6.61 Å². The third kappa shape index (κ3) is 2.68. The summed E-state index contributed by atoms with van der Waals surface area (Å²) >= 11 is 0. The fourth-order valence-corrected chi connectivity index (χ4v) is 2.12. The molecule has 0 aromatic heterocycles. The van der Waals surface area contributed by atoms with Crippen LogP contribution in [0.3, 0.4) is 0 Å². The first-order valence-corrected chi connectivity index (χ1v) is 5.37. The van der Waals surface area contributed by atoms with Gasteiger partial charge in [0.05, 0.1) is 18.6 Å². The normalized spacial score (nSPS) is 30.3. The number of ether oxygens (including phenoxy) is 2. The highest BCUT2D eigenvalue weighted by Gasteiger charge is 2.38. The summed E-state index contributed by atoms with van der Waals surface area (Å²) in [6, 6.07) is -0.0454. The molecule has 1 unspecified atom stereocenters. The maximum atomic E-state index is 10.5. The third-order valence-corrected chi connectivity index (χ3v) is 3.13. The standard InChI is InChI=1S/C10H17NO4/c12-9(13)5-8-6-15-10(7-11-8)1-3-14-4-2-10/h8,11H,1-7H2,(H,12,13). The second-order valence-electron chi connectivity index (χ2n) is 4.28. The number of rotatable bonds is 2. The van der Waals surface area contributed by atoms with Crippen LogP contribution in [-0.2, 0) is 14.3 Å². The molecule has 2 heterocycles. The molecule has 0 aromatic rings. The average molecular weight is 215 g/mol. The summed E-state index contributed by atoms with van der Waals surface area (Å²) < 4.78 is 11.1. The average Bonchev–Trinajstić information content (AvgIpc) is 2.23. The van der Waals surface area contributed by atoms with Gasteiger partial charge in [0.2, 0.25) is 0 Å². The van der Waals surface area contributed by atoms with Crippen LogP contribution in [0.1, 0.15) is 19.3 Å². The third-order valence-electron chi connectivity index (χ3n) is 3.13. The summed E-state index contributed by atoms with van der Waals surface area (Å²) in [5.41, 5.74) is -0.104. The molecule has 2 fully saturated rings. The van der Waals surface area contributed by atoms with E-state index in [-0.39, 0.29) is 18.1 Å². The Hall–Kier alpha value is -0.650. The number of hydrogen-bond acceptors (Lipinski definition) is 4. The summed E-state index contributed by atoms with van der Waals surface area (Å²) in [4.78, 5) is 10.5. The minimum atomic E-state index is -0.779. The Morgan fingerprint density at radius 2 is 2.20 bits per heavy atom. The molecule has 86 valence electrons. The molecule has 2 aliphatic heterocycles. The minimum absolute atomic E-state index is 0.0454. The number of aliphatic carboxylic acids is 1. The van der Waals surface area contributed by atoms with E-state index in [9.17, 15) is 4.79 Å². The molecule has 1 spiro atoms. The van der Waals surface area contributed by atoms with Crippen molar-refractivity contribution in [3.8, 4) is 0 Å². The lowest BCUT2D eigenvalue weighted by Crippen LogP contribution is -2.57. The monoisotopic (exact) mass is 215 g/mol. The van der Waals surface area contributed by atoms with Gasteiger partial charge in [0, 0.05) is 38.6 Å². The fourth-order valence-electron chi connectivity index (χ4n) is 2.12. The molecule has 0 radical (unpaired) electrons. The number of carboxylic acids is 1. The van der Waals surface area contributed by atoms with Crippen molar-refractivity contribution in [3.63, 3.8) is 0 Å². The lowest BCUT2D eigenvalue weighted by Gasteiger charge is -2.42. The highest BCUT2D eigenvalue weighted by atomic mass is 16.5. The van der Waals surface area contributed by atoms with Crippen LogP contribution in [0.25, 0.3) is 0 Å². The summed E-state index contributed by atoms with van der Waals surface area (Å²) in [7, 11) is 0. The molecule has 2 aliphatic rings. The number of carboxylic acid groups (broad SMARTS) is 1. The number of nitrogens with one attached hydrogen (secondary N) is 1. The van der Waals surface area contributed by atoms with Gasteiger partial charge in [-0.25, -0.2) is 0 Å². The first-order valence-electron chi connectivity index (χ1n) is 5.37. The molecule has 0 aromatic carbocycles. The van der Waals surface area contributed by atoms with Crippen LogP contribution in [0.5, 0.6) is 0 Å². The van der Waals surface area contributed by atoms with Gasteiger partial charge in [-0.15, -0.1) is 0 Å². The Bertz CT molecular complexity index is 228. The molecule has 2 N–H and O–H groups in total. The minimum Gasteiger partial charge on any atom is -0.481 e. The van der Waals surface area contributed by atoms with Gasteiger partial charge in [0.1, 0.15) is 0 Å². The largest absolute Gasteiger partial charge is 0.481 e. The van der Waals surface area contributed by atoms with Gasteiger partial charge < -0.3 is 19.9 Å². The molecule has 0 saturated carbocycles. The van der Waals surface area contributed by atoms with E-state index in [1.54, 1.807) is 0 Å². The van der Waals surface area contributed by atoms with Crippen molar-refractivity contribution in [1.29, 1.82) is 0 Å². The second-order valence-corrected chi connectivity index (χ2v) is 4.28. The van der Waals surface area contributed by atoms with Gasteiger partial charge in [0.25, 0.3) is 0 Å². The number of carbonyl (C=O) groups is 1. The van der Waals surface area contributed by atoms with Crippen molar-refractivity contribution in [2.45, 2.75) is 30.9 Å². The van der Waals surface area contributed by atoms with Crippen molar-refractivity contribution in [2.75, 3.05) is 26.4 Å². The molecule has 0 amide bonds. The number of morpholine rings is 1. The molecular weight excluding hydrogens is 198 g/mol. The molecule has 0 bridgehead atoms. The van der Waals surface area contributed by atoms with Crippen molar-refractivity contribution in [1.82, 2.24) is 5.32 Å². The van der Waals surface area contributed by atoms with Gasteiger partial charge in [-0.1, -0.05) is 0 Å². The van der Waals surface area contributed by atoms with Crippen LogP contribution >= 0.6 is 0 Å². The van der Waals surface area contributed by atoms with E-state index >= 15 is 0 Å². The van der Waals surface area contributed by atoms with E-state index in [1.165, 1.54) is 0 Å². The molecule has 2 rings (SSSR count). The quantitative estimate of drug-likeness (QED) is 0.678. The van der Waals surface area contributed by atoms with E-state index < -0.39 is 5.97 Å². The van der Waals surface area contributed by atoms with Crippen LogP contribution in [-0.4, -0.2) is 49.1 Å². The van der Waals surface area contributed by atoms with Gasteiger partial charge in [-0.05, 0) is 0 Å². The van der Waals surface area contributed by atoms with Crippen LogP contribution in [0.2, 0.25) is 0 Å². The van der Waals surface area contributed by atoms with Crippen LogP contribution < -0.4 is 5.32 Å². The SMILES string of the molecule is O=C(O)CC1COC2(CCOCC2)CN1. The van der Waals surface area contributed by atoms with Crippen molar-refractivity contribution >= 4 is 5.97 Å². The van der Waals surface area contributed by atoms with Gasteiger partial charge >= 0.3 is 5.97 Å². The topological polar surface area (TPSA) is 67.8 Å². The van der Waals surface area contributed by atoms with Crippen LogP contribution in [0, 0.1) is 0 Å². The Morgan fingerprint density at radius 3 is 2.73 bits per heavy atom. The highest BCUT2D eigenvalue weighted by molar-refractivity contribution is 5.67. The predicted molar refractivity (Wildman–Crippen MR) is 52.8 cm³/mol. The summed E-state index contributed by atoms with van der Waals surface area (Å²) in [6.45, 7) is 2.72. The van der Waals surface area contributed by atoms with Crippen molar-refractivity contribution < 1.29 is 19.4 Å². The molecule has 15 heavy (non-hydrogen) atoms. The first kappa shape index (κ1) is 10.9. The molecule has 2 saturated heterocycles. The first-order chi connectivity index (χ1) is 7.20. The van der Waals surface area contributed by atoms with Crippen LogP contribution in [0.4, 0.5) is 0 Å². The van der Waals surface area contributed by atoms with Crippen molar-refractivity contribution in [2.24, 2.45) is 0 Å². The Balaban J connectivity index is 1.82. The molecule has 0 aliphatic carbocycles. The van der Waals surface area contributed by atoms with E-state index in [2.05, 4.69) is 5.32 Å². The zero-order chi connectivity index (χ0) is 10.7. The van der Waals surface area contributed by atoms with Crippen LogP contribution in [0.15, 0.2) is 0 Å². The Morgan fingerprint density at radius 1 is 1.47 bits per heavy atom. The molecule has 5 nitrogen and oxygen atoms in total. The summed E-state index contributed by atoms with van der Waals surface area (Å²) in [5.74, 6) is -0.779. The smallest absolute Gasteiger partial charge is 0.305 e. The van der Waals surface area contributed by atoms with E-state index in [1.807, 2.05) is 0 Å². The van der Waals surface area contributed by atoms with Crippen molar-refractivity contribution in [3.05, 3.63) is 0 Å². The highest BCUT2D eigenvalue weighted by Crippen LogP contribution is 2.27. The van der Waals surface area contributed by atoms with E-state index in [0.717, 1.165) is 32.6 Å². The second kappa shape index (κ2) is 4.47. The summed E-state index contributed by atoms with van der Waals surface area (Å²) in [5, 5.41) is 11.9. The van der Waals surface area contributed by atoms with E-state index in [4.69, 9.17) is 14.6 Å².